The normalized spacial score (nSPS) is 9.94. The van der Waals surface area contributed by atoms with Crippen LogP contribution >= 0.6 is 22.9 Å². The van der Waals surface area contributed by atoms with Gasteiger partial charge in [0, 0.05) is 0 Å². The number of carbonyl (C=O) groups excluding carboxylic acids is 1. The SMILES string of the molecule is O=C(COc1ccccc1Cl)Nc1nncs1. The molecule has 17 heavy (non-hydrogen) atoms. The van der Waals surface area contributed by atoms with Crippen molar-refractivity contribution in [1.29, 1.82) is 0 Å². The average molecular weight is 270 g/mol. The number of halogens is 1. The molecule has 0 saturated heterocycles. The van der Waals surface area contributed by atoms with E-state index in [0.717, 1.165) is 0 Å². The van der Waals surface area contributed by atoms with Crippen LogP contribution in [0.5, 0.6) is 5.75 Å². The maximum atomic E-state index is 11.5. The molecule has 1 aromatic carbocycles. The summed E-state index contributed by atoms with van der Waals surface area (Å²) in [6, 6.07) is 6.96. The Hall–Kier alpha value is -1.66. The Kier molecular flexibility index (Phi) is 3.89. The molecule has 1 aromatic heterocycles. The van der Waals surface area contributed by atoms with Crippen LogP contribution in [0.25, 0.3) is 0 Å². The lowest BCUT2D eigenvalue weighted by molar-refractivity contribution is -0.118. The molecule has 0 aliphatic rings. The highest BCUT2D eigenvalue weighted by atomic mass is 35.5. The zero-order chi connectivity index (χ0) is 12.1. The number of ether oxygens (including phenoxy) is 1. The zero-order valence-corrected chi connectivity index (χ0v) is 10.2. The number of nitrogens with one attached hydrogen (secondary N) is 1. The second-order valence-corrected chi connectivity index (χ2v) is 4.25. The van der Waals surface area contributed by atoms with E-state index in [4.69, 9.17) is 16.3 Å². The van der Waals surface area contributed by atoms with Gasteiger partial charge in [0.1, 0.15) is 11.3 Å². The Morgan fingerprint density at radius 1 is 1.47 bits per heavy atom. The molecular formula is C10H8ClN3O2S. The van der Waals surface area contributed by atoms with Gasteiger partial charge in [-0.2, -0.15) is 0 Å². The monoisotopic (exact) mass is 269 g/mol. The summed E-state index contributed by atoms with van der Waals surface area (Å²) in [5.74, 6) is 0.170. The van der Waals surface area contributed by atoms with E-state index in [0.29, 0.717) is 15.9 Å². The van der Waals surface area contributed by atoms with Crippen molar-refractivity contribution in [1.82, 2.24) is 10.2 Å². The number of aromatic nitrogens is 2. The van der Waals surface area contributed by atoms with Crippen molar-refractivity contribution in [3.05, 3.63) is 34.8 Å². The quantitative estimate of drug-likeness (QED) is 0.924. The maximum Gasteiger partial charge on any atom is 0.264 e. The number of anilines is 1. The highest BCUT2D eigenvalue weighted by Crippen LogP contribution is 2.22. The van der Waals surface area contributed by atoms with E-state index in [9.17, 15) is 4.79 Å². The molecule has 2 aromatic rings. The lowest BCUT2D eigenvalue weighted by Gasteiger charge is -2.06. The predicted molar refractivity (Wildman–Crippen MR) is 65.5 cm³/mol. The third-order valence-electron chi connectivity index (χ3n) is 1.80. The van der Waals surface area contributed by atoms with Crippen molar-refractivity contribution in [2.45, 2.75) is 0 Å². The molecule has 0 spiro atoms. The van der Waals surface area contributed by atoms with Gasteiger partial charge in [0.2, 0.25) is 5.13 Å². The Morgan fingerprint density at radius 2 is 2.29 bits per heavy atom. The minimum Gasteiger partial charge on any atom is -0.482 e. The number of carbonyl (C=O) groups is 1. The lowest BCUT2D eigenvalue weighted by Crippen LogP contribution is -2.20. The van der Waals surface area contributed by atoms with Gasteiger partial charge in [0.05, 0.1) is 5.02 Å². The van der Waals surface area contributed by atoms with E-state index in [1.165, 1.54) is 16.8 Å². The van der Waals surface area contributed by atoms with Gasteiger partial charge in [0.15, 0.2) is 6.61 Å². The van der Waals surface area contributed by atoms with Crippen LogP contribution in [0.15, 0.2) is 29.8 Å². The molecule has 1 amide bonds. The Balaban J connectivity index is 1.86. The molecule has 1 heterocycles. The fourth-order valence-electron chi connectivity index (χ4n) is 1.09. The van der Waals surface area contributed by atoms with Crippen LogP contribution in [0.2, 0.25) is 5.02 Å². The van der Waals surface area contributed by atoms with Gasteiger partial charge >= 0.3 is 0 Å². The average Bonchev–Trinajstić information content (AvgIpc) is 2.81. The van der Waals surface area contributed by atoms with E-state index in [2.05, 4.69) is 15.5 Å². The summed E-state index contributed by atoms with van der Waals surface area (Å²) in [5.41, 5.74) is 1.53. The van der Waals surface area contributed by atoms with Crippen molar-refractivity contribution >= 4 is 34.0 Å². The second kappa shape index (κ2) is 5.60. The molecule has 0 aliphatic carbocycles. The van der Waals surface area contributed by atoms with Gasteiger partial charge in [0.25, 0.3) is 5.91 Å². The first-order chi connectivity index (χ1) is 8.25. The largest absolute Gasteiger partial charge is 0.482 e. The Morgan fingerprint density at radius 3 is 3.00 bits per heavy atom. The number of para-hydroxylation sites is 1. The van der Waals surface area contributed by atoms with Crippen molar-refractivity contribution < 1.29 is 9.53 Å². The van der Waals surface area contributed by atoms with Gasteiger partial charge in [-0.3, -0.25) is 10.1 Å². The minimum absolute atomic E-state index is 0.122. The van der Waals surface area contributed by atoms with Crippen molar-refractivity contribution in [2.24, 2.45) is 0 Å². The molecule has 0 fully saturated rings. The first kappa shape index (κ1) is 11.8. The first-order valence-corrected chi connectivity index (χ1v) is 5.95. The van der Waals surface area contributed by atoms with E-state index < -0.39 is 0 Å². The van der Waals surface area contributed by atoms with Gasteiger partial charge in [-0.05, 0) is 12.1 Å². The third kappa shape index (κ3) is 3.40. The summed E-state index contributed by atoms with van der Waals surface area (Å²) in [5, 5.41) is 10.7. The molecule has 0 aliphatic heterocycles. The summed E-state index contributed by atoms with van der Waals surface area (Å²) in [6.07, 6.45) is 0. The number of rotatable bonds is 4. The number of hydrogen-bond acceptors (Lipinski definition) is 5. The van der Waals surface area contributed by atoms with Gasteiger partial charge in [-0.25, -0.2) is 0 Å². The molecule has 0 radical (unpaired) electrons. The van der Waals surface area contributed by atoms with Crippen LogP contribution in [0.1, 0.15) is 0 Å². The smallest absolute Gasteiger partial charge is 0.264 e. The van der Waals surface area contributed by atoms with Gasteiger partial charge in [-0.1, -0.05) is 35.1 Å². The van der Waals surface area contributed by atoms with E-state index in [-0.39, 0.29) is 12.5 Å². The molecule has 88 valence electrons. The summed E-state index contributed by atoms with van der Waals surface area (Å²) < 4.78 is 5.26. The summed E-state index contributed by atoms with van der Waals surface area (Å²) in [7, 11) is 0. The second-order valence-electron chi connectivity index (χ2n) is 3.01. The maximum absolute atomic E-state index is 11.5. The number of amides is 1. The molecule has 7 heteroatoms. The molecule has 0 saturated carbocycles. The van der Waals surface area contributed by atoms with Crippen LogP contribution in [-0.4, -0.2) is 22.7 Å². The van der Waals surface area contributed by atoms with Crippen LogP contribution in [0, 0.1) is 0 Å². The molecule has 1 N–H and O–H groups in total. The number of benzene rings is 1. The van der Waals surface area contributed by atoms with Crippen LogP contribution in [-0.2, 0) is 4.79 Å². The number of hydrogen-bond donors (Lipinski definition) is 1. The summed E-state index contributed by atoms with van der Waals surface area (Å²) in [6.45, 7) is -0.122. The van der Waals surface area contributed by atoms with E-state index in [1.807, 2.05) is 0 Å². The van der Waals surface area contributed by atoms with Crippen LogP contribution in [0.4, 0.5) is 5.13 Å². The molecule has 5 nitrogen and oxygen atoms in total. The lowest BCUT2D eigenvalue weighted by atomic mass is 10.3. The van der Waals surface area contributed by atoms with E-state index in [1.54, 1.807) is 24.3 Å². The van der Waals surface area contributed by atoms with Crippen molar-refractivity contribution in [3.63, 3.8) is 0 Å². The highest BCUT2D eigenvalue weighted by molar-refractivity contribution is 7.13. The molecule has 0 bridgehead atoms. The molecule has 0 unspecified atom stereocenters. The highest BCUT2D eigenvalue weighted by Gasteiger charge is 2.07. The fraction of sp³-hybridized carbons (Fsp3) is 0.100. The van der Waals surface area contributed by atoms with E-state index >= 15 is 0 Å². The van der Waals surface area contributed by atoms with Crippen molar-refractivity contribution in [2.75, 3.05) is 11.9 Å². The number of nitrogens with zero attached hydrogens (tertiary/aromatic N) is 2. The minimum atomic E-state index is -0.304. The molecule has 0 atom stereocenters. The van der Waals surface area contributed by atoms with Crippen molar-refractivity contribution in [3.8, 4) is 5.75 Å². The molecule has 2 rings (SSSR count). The van der Waals surface area contributed by atoms with Crippen LogP contribution in [0.3, 0.4) is 0 Å². The fourth-order valence-corrected chi connectivity index (χ4v) is 1.74. The molecular weight excluding hydrogens is 262 g/mol. The topological polar surface area (TPSA) is 64.1 Å². The third-order valence-corrected chi connectivity index (χ3v) is 2.72. The van der Waals surface area contributed by atoms with Gasteiger partial charge in [-0.15, -0.1) is 10.2 Å². The standard InChI is InChI=1S/C10H8ClN3O2S/c11-7-3-1-2-4-8(7)16-5-9(15)13-10-14-12-6-17-10/h1-4,6H,5H2,(H,13,14,15). The zero-order valence-electron chi connectivity index (χ0n) is 8.59. The Bertz CT molecular complexity index is 504. The first-order valence-electron chi connectivity index (χ1n) is 4.69. The van der Waals surface area contributed by atoms with Gasteiger partial charge < -0.3 is 4.74 Å². The summed E-state index contributed by atoms with van der Waals surface area (Å²) in [4.78, 5) is 11.5. The summed E-state index contributed by atoms with van der Waals surface area (Å²) >= 11 is 7.11. The van der Waals surface area contributed by atoms with Crippen LogP contribution < -0.4 is 10.1 Å². The predicted octanol–water partition coefficient (Wildman–Crippen LogP) is 2.21. The Labute approximate surface area is 106 Å².